The second-order valence-electron chi connectivity index (χ2n) is 5.47. The predicted octanol–water partition coefficient (Wildman–Crippen LogP) is 3.15. The van der Waals surface area contributed by atoms with Crippen LogP contribution in [0.25, 0.3) is 0 Å². The van der Waals surface area contributed by atoms with Crippen LogP contribution in [0.1, 0.15) is 19.8 Å². The summed E-state index contributed by atoms with van der Waals surface area (Å²) in [5.41, 5.74) is 4.33. The fraction of sp³-hybridized carbons (Fsp3) is 0.438. The Labute approximate surface area is 114 Å². The number of fused-ring (bicyclic) bond motifs is 1. The molecule has 0 aromatic rings. The largest absolute Gasteiger partial charge is 0.497 e. The molecule has 0 amide bonds. The summed E-state index contributed by atoms with van der Waals surface area (Å²) in [6, 6.07) is 0. The van der Waals surface area contributed by atoms with Gasteiger partial charge in [0.25, 0.3) is 0 Å². The van der Waals surface area contributed by atoms with Gasteiger partial charge in [-0.1, -0.05) is 29.9 Å². The summed E-state index contributed by atoms with van der Waals surface area (Å²) in [4.78, 5) is 0. The summed E-state index contributed by atoms with van der Waals surface area (Å²) >= 11 is 0. The van der Waals surface area contributed by atoms with Crippen molar-refractivity contribution < 1.29 is 4.74 Å². The van der Waals surface area contributed by atoms with Gasteiger partial charge in [-0.05, 0) is 25.3 Å². The van der Waals surface area contributed by atoms with Crippen molar-refractivity contribution in [3.8, 4) is 0 Å². The number of hydrogen-bond donors (Lipinski definition) is 1. The molecular weight excluding hydrogens is 236 g/mol. The van der Waals surface area contributed by atoms with Crippen molar-refractivity contribution in [2.75, 3.05) is 6.61 Å². The SMILES string of the molecule is C/C1=C\N/N=C/C2C(COC3=CC=CC=CC3)C2C1. The molecule has 2 aliphatic carbocycles. The van der Waals surface area contributed by atoms with Gasteiger partial charge >= 0.3 is 0 Å². The monoisotopic (exact) mass is 256 g/mol. The summed E-state index contributed by atoms with van der Waals surface area (Å²) in [7, 11) is 0. The first-order valence-corrected chi connectivity index (χ1v) is 6.94. The van der Waals surface area contributed by atoms with E-state index in [0.29, 0.717) is 17.8 Å². The van der Waals surface area contributed by atoms with Crippen LogP contribution in [0.15, 0.2) is 53.0 Å². The summed E-state index contributed by atoms with van der Waals surface area (Å²) in [5.74, 6) is 2.96. The zero-order chi connectivity index (χ0) is 13.1. The summed E-state index contributed by atoms with van der Waals surface area (Å²) < 4.78 is 5.95. The number of hydrazone groups is 1. The van der Waals surface area contributed by atoms with Gasteiger partial charge in [0.1, 0.15) is 0 Å². The first-order valence-electron chi connectivity index (χ1n) is 6.94. The molecule has 3 aliphatic rings. The topological polar surface area (TPSA) is 33.6 Å². The van der Waals surface area contributed by atoms with Crippen molar-refractivity contribution in [1.82, 2.24) is 5.43 Å². The molecule has 0 saturated heterocycles. The Hall–Kier alpha value is -1.77. The van der Waals surface area contributed by atoms with Gasteiger partial charge in [-0.3, -0.25) is 5.43 Å². The normalized spacial score (nSPS) is 36.6. The highest BCUT2D eigenvalue weighted by Crippen LogP contribution is 2.49. The molecule has 1 N–H and O–H groups in total. The lowest BCUT2D eigenvalue weighted by molar-refractivity contribution is 0.188. The second kappa shape index (κ2) is 5.47. The van der Waals surface area contributed by atoms with E-state index in [2.05, 4.69) is 35.7 Å². The van der Waals surface area contributed by atoms with Crippen molar-refractivity contribution in [1.29, 1.82) is 0 Å². The number of nitrogens with one attached hydrogen (secondary N) is 1. The molecule has 3 nitrogen and oxygen atoms in total. The van der Waals surface area contributed by atoms with Gasteiger partial charge in [0, 0.05) is 30.7 Å². The minimum atomic E-state index is 0.577. The molecule has 0 bridgehead atoms. The van der Waals surface area contributed by atoms with E-state index in [1.54, 1.807) is 0 Å². The van der Waals surface area contributed by atoms with Crippen molar-refractivity contribution in [3.63, 3.8) is 0 Å². The molecule has 0 spiro atoms. The molecule has 19 heavy (non-hydrogen) atoms. The second-order valence-corrected chi connectivity index (χ2v) is 5.47. The van der Waals surface area contributed by atoms with Gasteiger partial charge in [-0.15, -0.1) is 0 Å². The van der Waals surface area contributed by atoms with Crippen LogP contribution in [-0.2, 0) is 4.74 Å². The molecule has 3 rings (SSSR count). The molecular formula is C16H20N2O. The van der Waals surface area contributed by atoms with Crippen molar-refractivity contribution in [2.24, 2.45) is 22.9 Å². The lowest BCUT2D eigenvalue weighted by Gasteiger charge is -2.07. The zero-order valence-corrected chi connectivity index (χ0v) is 11.3. The van der Waals surface area contributed by atoms with E-state index in [0.717, 1.165) is 25.2 Å². The minimum Gasteiger partial charge on any atom is -0.497 e. The van der Waals surface area contributed by atoms with Crippen LogP contribution >= 0.6 is 0 Å². The highest BCUT2D eigenvalue weighted by atomic mass is 16.5. The predicted molar refractivity (Wildman–Crippen MR) is 77.4 cm³/mol. The maximum Gasteiger partial charge on any atom is 0.0997 e. The average molecular weight is 256 g/mol. The van der Waals surface area contributed by atoms with Crippen LogP contribution in [0.2, 0.25) is 0 Å². The van der Waals surface area contributed by atoms with Crippen LogP contribution in [0, 0.1) is 17.8 Å². The van der Waals surface area contributed by atoms with E-state index in [1.807, 2.05) is 24.6 Å². The molecule has 0 aromatic heterocycles. The van der Waals surface area contributed by atoms with E-state index < -0.39 is 0 Å². The van der Waals surface area contributed by atoms with Crippen LogP contribution in [-0.4, -0.2) is 12.8 Å². The van der Waals surface area contributed by atoms with E-state index in [4.69, 9.17) is 4.74 Å². The van der Waals surface area contributed by atoms with Crippen molar-refractivity contribution in [2.45, 2.75) is 19.8 Å². The molecule has 0 aromatic carbocycles. The number of nitrogens with zero attached hydrogens (tertiary/aromatic N) is 1. The Bertz CT molecular complexity index is 485. The molecule has 3 unspecified atom stereocenters. The van der Waals surface area contributed by atoms with Crippen LogP contribution < -0.4 is 5.43 Å². The van der Waals surface area contributed by atoms with Crippen LogP contribution in [0.3, 0.4) is 0 Å². The average Bonchev–Trinajstić information content (AvgIpc) is 3.09. The third-order valence-corrected chi connectivity index (χ3v) is 4.01. The molecule has 1 heterocycles. The van der Waals surface area contributed by atoms with Crippen LogP contribution in [0.4, 0.5) is 0 Å². The Morgan fingerprint density at radius 3 is 3.26 bits per heavy atom. The molecule has 1 fully saturated rings. The van der Waals surface area contributed by atoms with Gasteiger partial charge in [-0.25, -0.2) is 0 Å². The fourth-order valence-electron chi connectivity index (χ4n) is 2.79. The van der Waals surface area contributed by atoms with Gasteiger partial charge in [-0.2, -0.15) is 5.10 Å². The zero-order valence-electron chi connectivity index (χ0n) is 11.3. The lowest BCUT2D eigenvalue weighted by Crippen LogP contribution is -2.01. The van der Waals surface area contributed by atoms with Crippen LogP contribution in [0.5, 0.6) is 0 Å². The maximum absolute atomic E-state index is 5.95. The molecule has 1 aliphatic heterocycles. The molecule has 3 heteroatoms. The Balaban J connectivity index is 1.55. The van der Waals surface area contributed by atoms with Gasteiger partial charge in [0.05, 0.1) is 12.4 Å². The quantitative estimate of drug-likeness (QED) is 0.841. The molecule has 1 saturated carbocycles. The van der Waals surface area contributed by atoms with Gasteiger partial charge in [0.15, 0.2) is 0 Å². The highest BCUT2D eigenvalue weighted by Gasteiger charge is 2.49. The van der Waals surface area contributed by atoms with Gasteiger partial charge in [0.2, 0.25) is 0 Å². The van der Waals surface area contributed by atoms with Crippen molar-refractivity contribution >= 4 is 6.21 Å². The summed E-state index contributed by atoms with van der Waals surface area (Å²) in [6.45, 7) is 2.96. The molecule has 0 radical (unpaired) electrons. The van der Waals surface area contributed by atoms with E-state index in [9.17, 15) is 0 Å². The lowest BCUT2D eigenvalue weighted by atomic mass is 10.1. The number of allylic oxidation sites excluding steroid dienone is 6. The smallest absolute Gasteiger partial charge is 0.0997 e. The highest BCUT2D eigenvalue weighted by molar-refractivity contribution is 5.66. The summed E-state index contributed by atoms with van der Waals surface area (Å²) in [5, 5.41) is 4.22. The van der Waals surface area contributed by atoms with E-state index in [-0.39, 0.29) is 0 Å². The van der Waals surface area contributed by atoms with E-state index >= 15 is 0 Å². The van der Waals surface area contributed by atoms with Gasteiger partial charge < -0.3 is 4.74 Å². The number of ether oxygens (including phenoxy) is 1. The first-order chi connectivity index (χ1) is 9.34. The third-order valence-electron chi connectivity index (χ3n) is 4.01. The first kappa shape index (κ1) is 12.3. The Morgan fingerprint density at radius 2 is 2.32 bits per heavy atom. The minimum absolute atomic E-state index is 0.577. The Morgan fingerprint density at radius 1 is 1.37 bits per heavy atom. The number of rotatable bonds is 3. The molecule has 3 atom stereocenters. The molecule has 100 valence electrons. The maximum atomic E-state index is 5.95. The van der Waals surface area contributed by atoms with E-state index in [1.165, 1.54) is 5.57 Å². The summed E-state index contributed by atoms with van der Waals surface area (Å²) in [6.07, 6.45) is 16.4. The van der Waals surface area contributed by atoms with Crippen molar-refractivity contribution in [3.05, 3.63) is 47.9 Å². The standard InChI is InChI=1S/C16H20N2O/c1-12-8-14-15(10-18-17-9-12)16(14)11-19-13-6-4-2-3-5-7-13/h2-6,9-10,14-17H,7-8,11H2,1H3/b12-9+,18-10+. The Kier molecular flexibility index (Phi) is 3.53. The third kappa shape index (κ3) is 2.98. The fourth-order valence-corrected chi connectivity index (χ4v) is 2.79. The number of hydrogen-bond acceptors (Lipinski definition) is 3.